The van der Waals surface area contributed by atoms with E-state index in [0.29, 0.717) is 13.2 Å². The van der Waals surface area contributed by atoms with E-state index in [-0.39, 0.29) is 6.04 Å². The molecule has 3 rings (SSSR count). The van der Waals surface area contributed by atoms with Crippen LogP contribution in [0, 0.1) is 6.92 Å². The van der Waals surface area contributed by atoms with Gasteiger partial charge in [-0.25, -0.2) is 4.99 Å². The fourth-order valence-electron chi connectivity index (χ4n) is 2.36. The highest BCUT2D eigenvalue weighted by molar-refractivity contribution is 7.07. The summed E-state index contributed by atoms with van der Waals surface area (Å²) in [7, 11) is 1.72. The van der Waals surface area contributed by atoms with Crippen LogP contribution in [0.2, 0.25) is 0 Å². The minimum Gasteiger partial charge on any atom is -0.491 e. The van der Waals surface area contributed by atoms with Crippen molar-refractivity contribution >= 4 is 11.3 Å². The van der Waals surface area contributed by atoms with Crippen molar-refractivity contribution in [1.29, 1.82) is 0 Å². The predicted molar refractivity (Wildman–Crippen MR) is 79.2 cm³/mol. The second-order valence-electron chi connectivity index (χ2n) is 4.80. The molecule has 0 aliphatic carbocycles. The molecule has 1 unspecified atom stereocenters. The Morgan fingerprint density at radius 2 is 2.30 bits per heavy atom. The molecule has 1 aromatic heterocycles. The van der Waals surface area contributed by atoms with Gasteiger partial charge in [-0.3, -0.25) is 0 Å². The van der Waals surface area contributed by atoms with Crippen LogP contribution in [0.1, 0.15) is 17.3 Å². The number of thiazole rings is 1. The van der Waals surface area contributed by atoms with Gasteiger partial charge in [0, 0.05) is 30.3 Å². The number of ether oxygens (including phenoxy) is 2. The van der Waals surface area contributed by atoms with Gasteiger partial charge in [0.15, 0.2) is 4.80 Å². The van der Waals surface area contributed by atoms with Gasteiger partial charge in [-0.05, 0) is 13.0 Å². The zero-order valence-corrected chi connectivity index (χ0v) is 12.5. The maximum absolute atomic E-state index is 5.69. The first-order valence-corrected chi connectivity index (χ1v) is 7.57. The van der Waals surface area contributed by atoms with Crippen molar-refractivity contribution in [3.8, 4) is 5.75 Å². The number of aryl methyl sites for hydroxylation is 1. The summed E-state index contributed by atoms with van der Waals surface area (Å²) in [4.78, 5) is 5.91. The maximum atomic E-state index is 5.69. The van der Waals surface area contributed by atoms with Gasteiger partial charge < -0.3 is 14.0 Å². The number of fused-ring (bicyclic) bond motifs is 1. The van der Waals surface area contributed by atoms with Gasteiger partial charge in [0.2, 0.25) is 0 Å². The molecule has 0 N–H and O–H groups in total. The zero-order valence-electron chi connectivity index (χ0n) is 11.7. The molecule has 0 saturated carbocycles. The molecular formula is C15H18N2O2S. The molecule has 0 saturated heterocycles. The third kappa shape index (κ3) is 2.51. The second-order valence-corrected chi connectivity index (χ2v) is 5.63. The normalized spacial score (nSPS) is 18.1. The first-order chi connectivity index (χ1) is 9.79. The Hall–Kier alpha value is -1.59. The number of rotatable bonds is 4. The van der Waals surface area contributed by atoms with Crippen LogP contribution in [-0.4, -0.2) is 24.9 Å². The van der Waals surface area contributed by atoms with Crippen LogP contribution in [0.4, 0.5) is 0 Å². The Bertz CT molecular complexity index is 660. The van der Waals surface area contributed by atoms with Crippen molar-refractivity contribution in [2.45, 2.75) is 19.5 Å². The minimum atomic E-state index is 0.0954. The van der Waals surface area contributed by atoms with E-state index in [1.807, 2.05) is 18.2 Å². The van der Waals surface area contributed by atoms with Crippen molar-refractivity contribution < 1.29 is 9.47 Å². The molecule has 106 valence electrons. The lowest BCUT2D eigenvalue weighted by molar-refractivity contribution is 0.185. The Morgan fingerprint density at radius 3 is 3.15 bits per heavy atom. The Labute approximate surface area is 122 Å². The highest BCUT2D eigenvalue weighted by Crippen LogP contribution is 2.33. The van der Waals surface area contributed by atoms with Gasteiger partial charge in [-0.1, -0.05) is 18.2 Å². The van der Waals surface area contributed by atoms with Crippen LogP contribution >= 0.6 is 11.3 Å². The number of hydrogen-bond donors (Lipinski definition) is 0. The molecule has 1 aliphatic heterocycles. The van der Waals surface area contributed by atoms with Crippen LogP contribution in [0.15, 0.2) is 34.6 Å². The molecule has 20 heavy (non-hydrogen) atoms. The first-order valence-electron chi connectivity index (χ1n) is 6.69. The lowest BCUT2D eigenvalue weighted by atomic mass is 10.1. The summed E-state index contributed by atoms with van der Waals surface area (Å²) in [5.41, 5.74) is 2.40. The zero-order chi connectivity index (χ0) is 13.9. The molecule has 0 fully saturated rings. The highest BCUT2D eigenvalue weighted by Gasteiger charge is 2.22. The van der Waals surface area contributed by atoms with Gasteiger partial charge >= 0.3 is 0 Å². The summed E-state index contributed by atoms with van der Waals surface area (Å²) in [6, 6.07) is 8.22. The summed E-state index contributed by atoms with van der Waals surface area (Å²) in [5.74, 6) is 0.956. The summed E-state index contributed by atoms with van der Waals surface area (Å²) in [6.07, 6.45) is 0. The smallest absolute Gasteiger partial charge is 0.185 e. The second kappa shape index (κ2) is 5.81. The first kappa shape index (κ1) is 13.4. The van der Waals surface area contributed by atoms with E-state index in [0.717, 1.165) is 17.1 Å². The Balaban J connectivity index is 1.94. The Morgan fingerprint density at radius 1 is 1.45 bits per heavy atom. The van der Waals surface area contributed by atoms with Crippen molar-refractivity contribution in [2.75, 3.05) is 20.3 Å². The monoisotopic (exact) mass is 290 g/mol. The van der Waals surface area contributed by atoms with Crippen molar-refractivity contribution in [1.82, 2.24) is 4.57 Å². The van der Waals surface area contributed by atoms with Crippen LogP contribution in [0.3, 0.4) is 0 Å². The number of para-hydroxylation sites is 1. The average Bonchev–Trinajstić information content (AvgIpc) is 3.03. The molecule has 1 aromatic carbocycles. The van der Waals surface area contributed by atoms with E-state index in [4.69, 9.17) is 14.5 Å². The quantitative estimate of drug-likeness (QED) is 0.867. The molecule has 0 spiro atoms. The number of methoxy groups -OCH3 is 1. The molecule has 0 radical (unpaired) electrons. The van der Waals surface area contributed by atoms with Crippen molar-refractivity contribution in [3.63, 3.8) is 0 Å². The fourth-order valence-corrected chi connectivity index (χ4v) is 3.31. The van der Waals surface area contributed by atoms with E-state index >= 15 is 0 Å². The third-order valence-corrected chi connectivity index (χ3v) is 4.45. The van der Waals surface area contributed by atoms with Crippen LogP contribution in [-0.2, 0) is 11.3 Å². The molecule has 2 aromatic rings. The summed E-state index contributed by atoms with van der Waals surface area (Å²) < 4.78 is 13.1. The van der Waals surface area contributed by atoms with Crippen LogP contribution in [0.5, 0.6) is 5.75 Å². The number of benzene rings is 1. The minimum absolute atomic E-state index is 0.0954. The van der Waals surface area contributed by atoms with Gasteiger partial charge in [0.1, 0.15) is 18.4 Å². The van der Waals surface area contributed by atoms with Gasteiger partial charge in [0.25, 0.3) is 0 Å². The van der Waals surface area contributed by atoms with E-state index < -0.39 is 0 Å². The summed E-state index contributed by atoms with van der Waals surface area (Å²) in [5, 5.41) is 2.14. The molecule has 1 aliphatic rings. The number of nitrogens with zero attached hydrogens (tertiary/aromatic N) is 2. The van der Waals surface area contributed by atoms with Gasteiger partial charge in [-0.2, -0.15) is 0 Å². The Kier molecular flexibility index (Phi) is 3.89. The highest BCUT2D eigenvalue weighted by atomic mass is 32.1. The average molecular weight is 290 g/mol. The van der Waals surface area contributed by atoms with E-state index in [2.05, 4.69) is 22.9 Å². The molecule has 5 heteroatoms. The number of hydrogen-bond acceptors (Lipinski definition) is 4. The molecule has 2 heterocycles. The molecule has 1 atom stereocenters. The van der Waals surface area contributed by atoms with Gasteiger partial charge in [0.05, 0.1) is 6.61 Å². The topological polar surface area (TPSA) is 35.8 Å². The predicted octanol–water partition coefficient (Wildman–Crippen LogP) is 2.54. The number of aromatic nitrogens is 1. The summed E-state index contributed by atoms with van der Waals surface area (Å²) >= 11 is 1.67. The molecule has 0 amide bonds. The van der Waals surface area contributed by atoms with Crippen LogP contribution in [0.25, 0.3) is 0 Å². The van der Waals surface area contributed by atoms with E-state index in [1.165, 1.54) is 11.3 Å². The lowest BCUT2D eigenvalue weighted by Crippen LogP contribution is -2.20. The summed E-state index contributed by atoms with van der Waals surface area (Å²) in [6.45, 7) is 4.26. The standard InChI is InChI=1S/C15H18N2O2S/c1-11-10-20-15(17(11)7-8-18-2)16-13-9-19-14-6-4-3-5-12(13)14/h3-6,10,13H,7-9H2,1-2H3. The van der Waals surface area contributed by atoms with E-state index in [1.54, 1.807) is 18.4 Å². The lowest BCUT2D eigenvalue weighted by Gasteiger charge is -2.06. The molecule has 4 nitrogen and oxygen atoms in total. The SMILES string of the molecule is COCCn1c(C)csc1=NC1COc2ccccc21. The van der Waals surface area contributed by atoms with Crippen molar-refractivity contribution in [3.05, 3.63) is 45.7 Å². The third-order valence-electron chi connectivity index (χ3n) is 3.45. The molecular weight excluding hydrogens is 272 g/mol. The van der Waals surface area contributed by atoms with Crippen LogP contribution < -0.4 is 9.54 Å². The largest absolute Gasteiger partial charge is 0.491 e. The van der Waals surface area contributed by atoms with Gasteiger partial charge in [-0.15, -0.1) is 11.3 Å². The van der Waals surface area contributed by atoms with E-state index in [9.17, 15) is 0 Å². The fraction of sp³-hybridized carbons (Fsp3) is 0.400. The molecule has 0 bridgehead atoms. The van der Waals surface area contributed by atoms with Crippen molar-refractivity contribution in [2.24, 2.45) is 4.99 Å². The maximum Gasteiger partial charge on any atom is 0.185 e.